The van der Waals surface area contributed by atoms with Crippen LogP contribution < -0.4 is 4.74 Å². The van der Waals surface area contributed by atoms with Crippen molar-refractivity contribution in [3.8, 4) is 5.75 Å². The minimum absolute atomic E-state index is 0.0258. The second kappa shape index (κ2) is 6.14. The lowest BCUT2D eigenvalue weighted by Crippen LogP contribution is -2.03. The zero-order chi connectivity index (χ0) is 13.7. The summed E-state index contributed by atoms with van der Waals surface area (Å²) < 4.78 is 18.9. The smallest absolute Gasteiger partial charge is 0.159 e. The van der Waals surface area contributed by atoms with Gasteiger partial charge in [0, 0.05) is 12.0 Å². The van der Waals surface area contributed by atoms with Gasteiger partial charge in [-0.3, -0.25) is 4.79 Å². The van der Waals surface area contributed by atoms with Crippen molar-refractivity contribution in [2.24, 2.45) is 0 Å². The number of ketones is 1. The van der Waals surface area contributed by atoms with E-state index >= 15 is 0 Å². The lowest BCUT2D eigenvalue weighted by Gasteiger charge is -2.07. The second-order valence-corrected chi connectivity index (χ2v) is 4.27. The Morgan fingerprint density at radius 3 is 2.42 bits per heavy atom. The van der Waals surface area contributed by atoms with Crippen molar-refractivity contribution < 1.29 is 13.9 Å². The van der Waals surface area contributed by atoms with Gasteiger partial charge in [-0.1, -0.05) is 18.2 Å². The van der Waals surface area contributed by atoms with Crippen LogP contribution in [0.2, 0.25) is 0 Å². The van der Waals surface area contributed by atoms with Crippen LogP contribution in [0.15, 0.2) is 48.5 Å². The minimum Gasteiger partial charge on any atom is -0.493 e. The van der Waals surface area contributed by atoms with E-state index in [0.29, 0.717) is 29.9 Å². The van der Waals surface area contributed by atoms with Gasteiger partial charge in [0.1, 0.15) is 11.6 Å². The Bertz CT molecular complexity index is 561. The van der Waals surface area contributed by atoms with Gasteiger partial charge < -0.3 is 4.74 Å². The van der Waals surface area contributed by atoms with Gasteiger partial charge in [-0.25, -0.2) is 4.39 Å². The SMILES string of the molecule is CC(=O)c1ccc(OCCc2ccccc2F)cc1. The first-order valence-electron chi connectivity index (χ1n) is 6.14. The van der Waals surface area contributed by atoms with Crippen molar-refractivity contribution in [2.75, 3.05) is 6.61 Å². The van der Waals surface area contributed by atoms with Crippen molar-refractivity contribution >= 4 is 5.78 Å². The molecule has 3 heteroatoms. The number of rotatable bonds is 5. The molecule has 0 bridgehead atoms. The van der Waals surface area contributed by atoms with Gasteiger partial charge in [-0.15, -0.1) is 0 Å². The number of halogens is 1. The predicted octanol–water partition coefficient (Wildman–Crippen LogP) is 3.65. The van der Waals surface area contributed by atoms with E-state index in [0.717, 1.165) is 0 Å². The molecular weight excluding hydrogens is 243 g/mol. The number of benzene rings is 2. The fraction of sp³-hybridized carbons (Fsp3) is 0.188. The van der Waals surface area contributed by atoms with Gasteiger partial charge in [0.15, 0.2) is 5.78 Å². The highest BCUT2D eigenvalue weighted by Gasteiger charge is 2.02. The molecule has 2 rings (SSSR count). The van der Waals surface area contributed by atoms with Crippen LogP contribution in [0.1, 0.15) is 22.8 Å². The molecule has 0 fully saturated rings. The molecule has 0 saturated heterocycles. The molecule has 2 aromatic carbocycles. The van der Waals surface area contributed by atoms with Crippen molar-refractivity contribution in [1.29, 1.82) is 0 Å². The molecule has 0 radical (unpaired) electrons. The molecule has 0 unspecified atom stereocenters. The van der Waals surface area contributed by atoms with E-state index in [1.807, 2.05) is 0 Å². The van der Waals surface area contributed by atoms with Crippen LogP contribution in [-0.4, -0.2) is 12.4 Å². The van der Waals surface area contributed by atoms with E-state index in [-0.39, 0.29) is 11.6 Å². The second-order valence-electron chi connectivity index (χ2n) is 4.27. The molecule has 0 aliphatic heterocycles. The number of Topliss-reactive ketones (excluding diaryl/α,β-unsaturated/α-hetero) is 1. The number of carbonyl (C=O) groups excluding carboxylic acids is 1. The Hall–Kier alpha value is -2.16. The topological polar surface area (TPSA) is 26.3 Å². The van der Waals surface area contributed by atoms with Crippen LogP contribution in [0.5, 0.6) is 5.75 Å². The molecule has 0 aromatic heterocycles. The highest BCUT2D eigenvalue weighted by molar-refractivity contribution is 5.94. The maximum atomic E-state index is 13.4. The standard InChI is InChI=1S/C16H15FO2/c1-12(18)13-6-8-15(9-7-13)19-11-10-14-4-2-3-5-16(14)17/h2-9H,10-11H2,1H3. The van der Waals surface area contributed by atoms with Crippen LogP contribution in [0, 0.1) is 5.82 Å². The fourth-order valence-corrected chi connectivity index (χ4v) is 1.77. The van der Waals surface area contributed by atoms with Gasteiger partial charge >= 0.3 is 0 Å². The van der Waals surface area contributed by atoms with E-state index in [4.69, 9.17) is 4.74 Å². The summed E-state index contributed by atoms with van der Waals surface area (Å²) in [6.07, 6.45) is 0.515. The van der Waals surface area contributed by atoms with Gasteiger partial charge in [-0.05, 0) is 42.8 Å². The Kier molecular flexibility index (Phi) is 4.29. The fourth-order valence-electron chi connectivity index (χ4n) is 1.77. The van der Waals surface area contributed by atoms with Crippen LogP contribution in [0.4, 0.5) is 4.39 Å². The Labute approximate surface area is 111 Å². The highest BCUT2D eigenvalue weighted by atomic mass is 19.1. The number of hydrogen-bond acceptors (Lipinski definition) is 2. The summed E-state index contributed by atoms with van der Waals surface area (Å²) in [5.74, 6) is 0.497. The molecule has 0 aliphatic rings. The first kappa shape index (κ1) is 13.3. The zero-order valence-corrected chi connectivity index (χ0v) is 10.7. The third-order valence-corrected chi connectivity index (χ3v) is 2.86. The lowest BCUT2D eigenvalue weighted by molar-refractivity contribution is 0.101. The third-order valence-electron chi connectivity index (χ3n) is 2.86. The Morgan fingerprint density at radius 2 is 1.79 bits per heavy atom. The molecule has 0 saturated carbocycles. The Morgan fingerprint density at radius 1 is 1.11 bits per heavy atom. The summed E-state index contributed by atoms with van der Waals surface area (Å²) in [5.41, 5.74) is 1.30. The normalized spacial score (nSPS) is 10.2. The van der Waals surface area contributed by atoms with E-state index in [1.165, 1.54) is 13.0 Å². The maximum Gasteiger partial charge on any atom is 0.159 e. The number of ether oxygens (including phenoxy) is 1. The van der Waals surface area contributed by atoms with Gasteiger partial charge in [0.25, 0.3) is 0 Å². The highest BCUT2D eigenvalue weighted by Crippen LogP contribution is 2.14. The van der Waals surface area contributed by atoms with Crippen LogP contribution >= 0.6 is 0 Å². The molecular formula is C16H15FO2. The summed E-state index contributed by atoms with van der Waals surface area (Å²) in [6, 6.07) is 13.6. The quantitative estimate of drug-likeness (QED) is 0.765. The Balaban J connectivity index is 1.89. The molecule has 0 atom stereocenters. The molecule has 2 aromatic rings. The summed E-state index contributed by atoms with van der Waals surface area (Å²) in [4.78, 5) is 11.1. The molecule has 0 aliphatic carbocycles. The van der Waals surface area contributed by atoms with Crippen molar-refractivity contribution in [3.05, 3.63) is 65.5 Å². The molecule has 0 N–H and O–H groups in total. The largest absolute Gasteiger partial charge is 0.493 e. The minimum atomic E-state index is -0.210. The van der Waals surface area contributed by atoms with Crippen molar-refractivity contribution in [2.45, 2.75) is 13.3 Å². The van der Waals surface area contributed by atoms with Crippen molar-refractivity contribution in [3.63, 3.8) is 0 Å². The summed E-state index contributed by atoms with van der Waals surface area (Å²) in [7, 11) is 0. The van der Waals surface area contributed by atoms with E-state index in [2.05, 4.69) is 0 Å². The van der Waals surface area contributed by atoms with Gasteiger partial charge in [0.2, 0.25) is 0 Å². The molecule has 19 heavy (non-hydrogen) atoms. The van der Waals surface area contributed by atoms with Crippen LogP contribution in [-0.2, 0) is 6.42 Å². The summed E-state index contributed by atoms with van der Waals surface area (Å²) in [6.45, 7) is 1.92. The molecule has 98 valence electrons. The van der Waals surface area contributed by atoms with E-state index in [1.54, 1.807) is 42.5 Å². The number of hydrogen-bond donors (Lipinski definition) is 0. The molecule has 0 spiro atoms. The molecule has 0 heterocycles. The first-order valence-corrected chi connectivity index (χ1v) is 6.14. The number of carbonyl (C=O) groups is 1. The first-order chi connectivity index (χ1) is 9.16. The van der Waals surface area contributed by atoms with E-state index < -0.39 is 0 Å². The summed E-state index contributed by atoms with van der Waals surface area (Å²) in [5, 5.41) is 0. The average Bonchev–Trinajstić information content (AvgIpc) is 2.41. The monoisotopic (exact) mass is 258 g/mol. The maximum absolute atomic E-state index is 13.4. The van der Waals surface area contributed by atoms with Crippen molar-refractivity contribution in [1.82, 2.24) is 0 Å². The average molecular weight is 258 g/mol. The zero-order valence-electron chi connectivity index (χ0n) is 10.7. The third kappa shape index (κ3) is 3.65. The van der Waals surface area contributed by atoms with Crippen LogP contribution in [0.25, 0.3) is 0 Å². The predicted molar refractivity (Wildman–Crippen MR) is 72.0 cm³/mol. The molecule has 0 amide bonds. The van der Waals surface area contributed by atoms with Gasteiger partial charge in [-0.2, -0.15) is 0 Å². The molecule has 2 nitrogen and oxygen atoms in total. The van der Waals surface area contributed by atoms with E-state index in [9.17, 15) is 9.18 Å². The summed E-state index contributed by atoms with van der Waals surface area (Å²) >= 11 is 0. The lowest BCUT2D eigenvalue weighted by atomic mass is 10.1. The van der Waals surface area contributed by atoms with Gasteiger partial charge in [0.05, 0.1) is 6.61 Å². The van der Waals surface area contributed by atoms with Crippen LogP contribution in [0.3, 0.4) is 0 Å².